The van der Waals surface area contributed by atoms with Crippen LogP contribution >= 0.6 is 0 Å². The van der Waals surface area contributed by atoms with E-state index in [4.69, 9.17) is 14.0 Å². The van der Waals surface area contributed by atoms with E-state index >= 15 is 0 Å². The zero-order valence-electron chi connectivity index (χ0n) is 12.5. The van der Waals surface area contributed by atoms with E-state index in [2.05, 4.69) is 0 Å². The SMILES string of the molecule is C[C@H]1OC(C)(C)O[C@@H]1C.Cc1ccc(S(=O)(=O)O)cc1. The Bertz CT molecular complexity index is 521. The average Bonchev–Trinajstić information content (AvgIpc) is 2.50. The molecule has 1 heterocycles. The average molecular weight is 302 g/mol. The van der Waals surface area contributed by atoms with Crippen molar-refractivity contribution in [2.75, 3.05) is 0 Å². The summed E-state index contributed by atoms with van der Waals surface area (Å²) in [5.74, 6) is -0.362. The van der Waals surface area contributed by atoms with Crippen molar-refractivity contribution in [3.05, 3.63) is 29.8 Å². The molecule has 114 valence electrons. The van der Waals surface area contributed by atoms with Gasteiger partial charge < -0.3 is 9.47 Å². The number of ether oxygens (including phenoxy) is 2. The van der Waals surface area contributed by atoms with Crippen LogP contribution in [0.2, 0.25) is 0 Å². The lowest BCUT2D eigenvalue weighted by Crippen LogP contribution is -2.20. The van der Waals surface area contributed by atoms with E-state index in [1.165, 1.54) is 12.1 Å². The van der Waals surface area contributed by atoms with Gasteiger partial charge >= 0.3 is 0 Å². The van der Waals surface area contributed by atoms with Crippen LogP contribution in [-0.4, -0.2) is 31.0 Å². The van der Waals surface area contributed by atoms with E-state index in [0.29, 0.717) is 0 Å². The van der Waals surface area contributed by atoms with Gasteiger partial charge in [0.05, 0.1) is 17.1 Å². The lowest BCUT2D eigenvalue weighted by atomic mass is 10.2. The maximum Gasteiger partial charge on any atom is 0.294 e. The minimum absolute atomic E-state index is 0.0666. The van der Waals surface area contributed by atoms with Crippen molar-refractivity contribution in [3.63, 3.8) is 0 Å². The Balaban J connectivity index is 0.000000204. The van der Waals surface area contributed by atoms with E-state index in [0.717, 1.165) is 5.56 Å². The van der Waals surface area contributed by atoms with Crippen LogP contribution in [0.3, 0.4) is 0 Å². The van der Waals surface area contributed by atoms with Crippen molar-refractivity contribution in [1.29, 1.82) is 0 Å². The first-order valence-electron chi connectivity index (χ1n) is 6.41. The van der Waals surface area contributed by atoms with Gasteiger partial charge in [-0.1, -0.05) is 17.7 Å². The minimum atomic E-state index is -4.02. The molecule has 0 aromatic heterocycles. The summed E-state index contributed by atoms with van der Waals surface area (Å²) in [6.07, 6.45) is 0.472. The largest absolute Gasteiger partial charge is 0.345 e. The van der Waals surface area contributed by atoms with E-state index in [-0.39, 0.29) is 22.9 Å². The molecule has 2 atom stereocenters. The summed E-state index contributed by atoms with van der Waals surface area (Å²) in [6, 6.07) is 5.99. The highest BCUT2D eigenvalue weighted by molar-refractivity contribution is 7.85. The standard InChI is InChI=1S/C7H8O3S.C7H14O2/c1-6-2-4-7(5-3-6)11(8,9)10;1-5-6(2)9-7(3,4)8-5/h2-5H,1H3,(H,8,9,10);5-6H,1-4H3/t;5-,6-/m.1/s1. The normalized spacial score (nSPS) is 24.9. The topological polar surface area (TPSA) is 72.8 Å². The van der Waals surface area contributed by atoms with Crippen LogP contribution in [0.25, 0.3) is 0 Å². The van der Waals surface area contributed by atoms with Crippen molar-refractivity contribution >= 4 is 10.1 Å². The molecule has 1 aromatic rings. The lowest BCUT2D eigenvalue weighted by Gasteiger charge is -2.15. The van der Waals surface area contributed by atoms with Gasteiger partial charge in [-0.15, -0.1) is 0 Å². The smallest absolute Gasteiger partial charge is 0.294 e. The molecule has 2 rings (SSSR count). The highest BCUT2D eigenvalue weighted by Gasteiger charge is 2.35. The van der Waals surface area contributed by atoms with Crippen LogP contribution in [0.1, 0.15) is 33.3 Å². The minimum Gasteiger partial charge on any atom is -0.345 e. The van der Waals surface area contributed by atoms with Gasteiger partial charge in [-0.3, -0.25) is 4.55 Å². The van der Waals surface area contributed by atoms with Crippen LogP contribution in [0.4, 0.5) is 0 Å². The Labute approximate surface area is 120 Å². The summed E-state index contributed by atoms with van der Waals surface area (Å²) in [6.45, 7) is 9.77. The molecule has 0 bridgehead atoms. The van der Waals surface area contributed by atoms with Gasteiger partial charge in [0.25, 0.3) is 10.1 Å². The highest BCUT2D eigenvalue weighted by Crippen LogP contribution is 2.26. The molecular weight excluding hydrogens is 280 g/mol. The molecule has 1 aliphatic rings. The predicted molar refractivity (Wildman–Crippen MR) is 76.2 cm³/mol. The molecular formula is C14H22O5S. The highest BCUT2D eigenvalue weighted by atomic mass is 32.2. The Morgan fingerprint density at radius 3 is 1.70 bits per heavy atom. The van der Waals surface area contributed by atoms with E-state index in [9.17, 15) is 8.42 Å². The van der Waals surface area contributed by atoms with Gasteiger partial charge in [-0.05, 0) is 46.8 Å². The summed E-state index contributed by atoms with van der Waals surface area (Å²) in [4.78, 5) is -0.0666. The van der Waals surface area contributed by atoms with Crippen LogP contribution in [0, 0.1) is 6.92 Å². The Hall–Kier alpha value is -0.950. The van der Waals surface area contributed by atoms with E-state index in [1.807, 2.05) is 34.6 Å². The second kappa shape index (κ2) is 6.22. The third kappa shape index (κ3) is 5.20. The van der Waals surface area contributed by atoms with Gasteiger partial charge in [-0.2, -0.15) is 8.42 Å². The van der Waals surface area contributed by atoms with Crippen LogP contribution in [0.5, 0.6) is 0 Å². The molecule has 6 heteroatoms. The van der Waals surface area contributed by atoms with Gasteiger partial charge in [0.2, 0.25) is 0 Å². The fourth-order valence-corrected chi connectivity index (χ4v) is 2.31. The molecule has 0 spiro atoms. The molecule has 0 unspecified atom stereocenters. The van der Waals surface area contributed by atoms with Crippen molar-refractivity contribution in [2.24, 2.45) is 0 Å². The molecule has 1 saturated heterocycles. The second-order valence-electron chi connectivity index (χ2n) is 5.33. The Morgan fingerprint density at radius 1 is 1.05 bits per heavy atom. The zero-order valence-corrected chi connectivity index (χ0v) is 13.3. The second-order valence-corrected chi connectivity index (χ2v) is 6.76. The number of hydrogen-bond donors (Lipinski definition) is 1. The predicted octanol–water partition coefficient (Wildman–Crippen LogP) is 2.79. The van der Waals surface area contributed by atoms with Gasteiger partial charge in [0, 0.05) is 0 Å². The number of rotatable bonds is 1. The molecule has 1 N–H and O–H groups in total. The zero-order chi connectivity index (χ0) is 15.6. The summed E-state index contributed by atoms with van der Waals surface area (Å²) in [5, 5.41) is 0. The van der Waals surface area contributed by atoms with Crippen LogP contribution in [-0.2, 0) is 19.6 Å². The van der Waals surface area contributed by atoms with Crippen molar-refractivity contribution in [2.45, 2.75) is 57.5 Å². The van der Waals surface area contributed by atoms with Crippen molar-refractivity contribution in [3.8, 4) is 0 Å². The van der Waals surface area contributed by atoms with E-state index < -0.39 is 10.1 Å². The first-order chi connectivity index (χ1) is 9.01. The third-order valence-electron chi connectivity index (χ3n) is 2.92. The summed E-state index contributed by atoms with van der Waals surface area (Å²) >= 11 is 0. The van der Waals surface area contributed by atoms with Gasteiger partial charge in [0.1, 0.15) is 0 Å². The molecule has 1 fully saturated rings. The monoisotopic (exact) mass is 302 g/mol. The Morgan fingerprint density at radius 2 is 1.45 bits per heavy atom. The van der Waals surface area contributed by atoms with Crippen molar-refractivity contribution in [1.82, 2.24) is 0 Å². The third-order valence-corrected chi connectivity index (χ3v) is 3.79. The molecule has 0 radical (unpaired) electrons. The van der Waals surface area contributed by atoms with Crippen molar-refractivity contribution < 1.29 is 22.4 Å². The molecule has 0 aliphatic carbocycles. The fourth-order valence-electron chi connectivity index (χ4n) is 1.83. The summed E-state index contributed by atoms with van der Waals surface area (Å²) in [5.41, 5.74) is 0.956. The van der Waals surface area contributed by atoms with Gasteiger partial charge in [-0.25, -0.2) is 0 Å². The summed E-state index contributed by atoms with van der Waals surface area (Å²) < 4.78 is 40.4. The van der Waals surface area contributed by atoms with Gasteiger partial charge in [0.15, 0.2) is 5.79 Å². The lowest BCUT2D eigenvalue weighted by molar-refractivity contribution is -0.143. The van der Waals surface area contributed by atoms with Crippen LogP contribution in [0.15, 0.2) is 29.2 Å². The quantitative estimate of drug-likeness (QED) is 0.808. The molecule has 0 saturated carbocycles. The Kier molecular flexibility index (Phi) is 5.32. The first kappa shape index (κ1) is 17.1. The molecule has 5 nitrogen and oxygen atoms in total. The molecule has 1 aromatic carbocycles. The fraction of sp³-hybridized carbons (Fsp3) is 0.571. The van der Waals surface area contributed by atoms with E-state index in [1.54, 1.807) is 12.1 Å². The maximum absolute atomic E-state index is 10.5. The van der Waals surface area contributed by atoms with Crippen LogP contribution < -0.4 is 0 Å². The maximum atomic E-state index is 10.5. The summed E-state index contributed by atoms with van der Waals surface area (Å²) in [7, 11) is -4.02. The molecule has 20 heavy (non-hydrogen) atoms. The molecule has 0 amide bonds. The number of hydrogen-bond acceptors (Lipinski definition) is 4. The number of aryl methyl sites for hydroxylation is 1. The first-order valence-corrected chi connectivity index (χ1v) is 7.85. The molecule has 1 aliphatic heterocycles. The number of benzene rings is 1.